The highest BCUT2D eigenvalue weighted by atomic mass is 16.6. The van der Waals surface area contributed by atoms with Gasteiger partial charge < -0.3 is 10.1 Å². The summed E-state index contributed by atoms with van der Waals surface area (Å²) in [4.78, 5) is 24.8. The lowest BCUT2D eigenvalue weighted by Gasteiger charge is -2.35. The number of ether oxygens (including phenoxy) is 1. The number of amides is 1. The van der Waals surface area contributed by atoms with Gasteiger partial charge >= 0.3 is 5.97 Å². The van der Waals surface area contributed by atoms with Gasteiger partial charge in [-0.2, -0.15) is 0 Å². The number of nitrogens with one attached hydrogen (secondary N) is 1. The fraction of sp³-hybridized carbons (Fsp3) is 0.500. The highest BCUT2D eigenvalue weighted by Gasteiger charge is 2.75. The van der Waals surface area contributed by atoms with Crippen molar-refractivity contribution in [3.63, 3.8) is 0 Å². The van der Waals surface area contributed by atoms with E-state index < -0.39 is 16.4 Å². The number of rotatable bonds is 2. The second-order valence-corrected chi connectivity index (χ2v) is 6.49. The Morgan fingerprint density at radius 2 is 1.80 bits per heavy atom. The summed E-state index contributed by atoms with van der Waals surface area (Å²) in [6.45, 7) is 5.81. The molecule has 106 valence electrons. The van der Waals surface area contributed by atoms with Gasteiger partial charge in [0.2, 0.25) is 0 Å². The van der Waals surface area contributed by atoms with Crippen molar-refractivity contribution in [2.75, 3.05) is 5.32 Å². The summed E-state index contributed by atoms with van der Waals surface area (Å²) in [6.07, 6.45) is 1.28. The molecular formula is C16H19NO3. The van der Waals surface area contributed by atoms with Gasteiger partial charge in [0.1, 0.15) is 0 Å². The maximum atomic E-state index is 12.7. The lowest BCUT2D eigenvalue weighted by molar-refractivity contribution is -0.165. The van der Waals surface area contributed by atoms with E-state index in [0.29, 0.717) is 12.8 Å². The molecule has 1 N–H and O–H groups in total. The maximum Gasteiger partial charge on any atom is 0.313 e. The number of carbonyl (C=O) groups is 2. The third-order valence-corrected chi connectivity index (χ3v) is 5.48. The van der Waals surface area contributed by atoms with Crippen LogP contribution in [0.5, 0.6) is 0 Å². The van der Waals surface area contributed by atoms with Crippen molar-refractivity contribution in [2.45, 2.75) is 39.2 Å². The number of hydrogen-bond acceptors (Lipinski definition) is 3. The predicted octanol–water partition coefficient (Wildman–Crippen LogP) is 2.75. The van der Waals surface area contributed by atoms with E-state index in [1.165, 1.54) is 0 Å². The summed E-state index contributed by atoms with van der Waals surface area (Å²) >= 11 is 0. The van der Waals surface area contributed by atoms with Crippen LogP contribution in [0.3, 0.4) is 0 Å². The Morgan fingerprint density at radius 3 is 2.30 bits per heavy atom. The van der Waals surface area contributed by atoms with Crippen LogP contribution in [-0.4, -0.2) is 17.5 Å². The summed E-state index contributed by atoms with van der Waals surface area (Å²) in [6, 6.07) is 9.26. The van der Waals surface area contributed by atoms with Gasteiger partial charge in [-0.05, 0) is 31.9 Å². The number of anilines is 1. The third-order valence-electron chi connectivity index (χ3n) is 5.48. The molecule has 1 aliphatic heterocycles. The van der Waals surface area contributed by atoms with Crippen LogP contribution in [0.15, 0.2) is 30.3 Å². The van der Waals surface area contributed by atoms with Gasteiger partial charge in [0, 0.05) is 11.1 Å². The third kappa shape index (κ3) is 1.37. The molecule has 0 spiro atoms. The molecule has 1 aliphatic carbocycles. The monoisotopic (exact) mass is 273 g/mol. The number of fused-ring (bicyclic) bond motifs is 2. The molecule has 1 saturated heterocycles. The van der Waals surface area contributed by atoms with Crippen molar-refractivity contribution in [3.8, 4) is 0 Å². The van der Waals surface area contributed by atoms with E-state index in [9.17, 15) is 9.59 Å². The standard InChI is InChI=1S/C16H19NO3/c1-14(2)15(3)9-10-16(14,20-13(15)19)12(18)17-11-7-5-4-6-8-11/h4-8H,9-10H2,1-3H3,(H,17,18)/t15-,16-/m1/s1. The van der Waals surface area contributed by atoms with Crippen molar-refractivity contribution < 1.29 is 14.3 Å². The molecule has 3 rings (SSSR count). The van der Waals surface area contributed by atoms with Gasteiger partial charge in [-0.15, -0.1) is 0 Å². The van der Waals surface area contributed by atoms with E-state index >= 15 is 0 Å². The number of esters is 1. The van der Waals surface area contributed by atoms with Crippen LogP contribution in [-0.2, 0) is 14.3 Å². The maximum absolute atomic E-state index is 12.7. The average Bonchev–Trinajstić information content (AvgIpc) is 2.70. The van der Waals surface area contributed by atoms with Gasteiger partial charge in [0.15, 0.2) is 5.60 Å². The van der Waals surface area contributed by atoms with Gasteiger partial charge in [0.05, 0.1) is 5.41 Å². The smallest absolute Gasteiger partial charge is 0.313 e. The second-order valence-electron chi connectivity index (χ2n) is 6.49. The SMILES string of the molecule is CC1(C)[C@]2(C)CC[C@]1(C(=O)Nc1ccccc1)OC2=O. The van der Waals surface area contributed by atoms with Crippen LogP contribution >= 0.6 is 0 Å². The van der Waals surface area contributed by atoms with Crippen LogP contribution < -0.4 is 5.32 Å². The normalized spacial score (nSPS) is 33.9. The van der Waals surface area contributed by atoms with Crippen LogP contribution in [0, 0.1) is 10.8 Å². The zero-order valence-corrected chi connectivity index (χ0v) is 12.0. The quantitative estimate of drug-likeness (QED) is 0.843. The molecule has 4 heteroatoms. The van der Waals surface area contributed by atoms with E-state index in [2.05, 4.69) is 5.32 Å². The Balaban J connectivity index is 1.94. The van der Waals surface area contributed by atoms with E-state index in [1.54, 1.807) is 0 Å². The topological polar surface area (TPSA) is 55.4 Å². The number of para-hydroxylation sites is 1. The van der Waals surface area contributed by atoms with E-state index in [4.69, 9.17) is 4.74 Å². The molecule has 0 aromatic heterocycles. The van der Waals surface area contributed by atoms with Crippen molar-refractivity contribution in [1.82, 2.24) is 0 Å². The molecule has 2 fully saturated rings. The summed E-state index contributed by atoms with van der Waals surface area (Å²) in [5.74, 6) is -0.472. The highest BCUT2D eigenvalue weighted by Crippen LogP contribution is 2.65. The largest absolute Gasteiger partial charge is 0.448 e. The van der Waals surface area contributed by atoms with Crippen LogP contribution in [0.2, 0.25) is 0 Å². The minimum atomic E-state index is -1.05. The van der Waals surface area contributed by atoms with Crippen LogP contribution in [0.4, 0.5) is 5.69 Å². The minimum absolute atomic E-state index is 0.219. The number of carbonyl (C=O) groups excluding carboxylic acids is 2. The molecule has 0 radical (unpaired) electrons. The molecule has 20 heavy (non-hydrogen) atoms. The Morgan fingerprint density at radius 1 is 1.15 bits per heavy atom. The van der Waals surface area contributed by atoms with E-state index in [0.717, 1.165) is 5.69 Å². The van der Waals surface area contributed by atoms with Crippen molar-refractivity contribution in [2.24, 2.45) is 10.8 Å². The minimum Gasteiger partial charge on any atom is -0.448 e. The molecule has 1 aromatic carbocycles. The molecule has 2 atom stereocenters. The zero-order chi connectivity index (χ0) is 14.6. The molecule has 1 saturated carbocycles. The number of hydrogen-bond donors (Lipinski definition) is 1. The average molecular weight is 273 g/mol. The highest BCUT2D eigenvalue weighted by molar-refractivity contribution is 6.03. The Kier molecular flexibility index (Phi) is 2.53. The second kappa shape index (κ2) is 3.84. The number of benzene rings is 1. The Hall–Kier alpha value is -1.84. The van der Waals surface area contributed by atoms with Crippen LogP contribution in [0.25, 0.3) is 0 Å². The van der Waals surface area contributed by atoms with Gasteiger partial charge in [-0.1, -0.05) is 32.0 Å². The van der Waals surface area contributed by atoms with Crippen molar-refractivity contribution in [3.05, 3.63) is 30.3 Å². The Labute approximate surface area is 118 Å². The lowest BCUT2D eigenvalue weighted by atomic mass is 9.66. The summed E-state index contributed by atoms with van der Waals surface area (Å²) in [5.41, 5.74) is -1.40. The summed E-state index contributed by atoms with van der Waals surface area (Å²) in [5, 5.41) is 2.88. The summed E-state index contributed by atoms with van der Waals surface area (Å²) in [7, 11) is 0. The van der Waals surface area contributed by atoms with E-state index in [-0.39, 0.29) is 11.9 Å². The van der Waals surface area contributed by atoms with Gasteiger partial charge in [-0.3, -0.25) is 9.59 Å². The Bertz CT molecular complexity index is 581. The molecule has 0 unspecified atom stereocenters. The lowest BCUT2D eigenvalue weighted by Crippen LogP contribution is -2.50. The molecule has 1 amide bonds. The zero-order valence-electron chi connectivity index (χ0n) is 12.0. The fourth-order valence-corrected chi connectivity index (χ4v) is 3.50. The van der Waals surface area contributed by atoms with Crippen molar-refractivity contribution in [1.29, 1.82) is 0 Å². The first-order valence-corrected chi connectivity index (χ1v) is 6.93. The molecule has 4 nitrogen and oxygen atoms in total. The first-order chi connectivity index (χ1) is 9.33. The molecule has 1 aromatic rings. The van der Waals surface area contributed by atoms with Crippen molar-refractivity contribution >= 4 is 17.6 Å². The molecule has 1 heterocycles. The fourth-order valence-electron chi connectivity index (χ4n) is 3.50. The molecular weight excluding hydrogens is 254 g/mol. The first kappa shape index (κ1) is 13.2. The summed E-state index contributed by atoms with van der Waals surface area (Å²) < 4.78 is 5.55. The molecule has 2 aliphatic rings. The van der Waals surface area contributed by atoms with Crippen LogP contribution in [0.1, 0.15) is 33.6 Å². The van der Waals surface area contributed by atoms with Gasteiger partial charge in [0.25, 0.3) is 5.91 Å². The van der Waals surface area contributed by atoms with Gasteiger partial charge in [-0.25, -0.2) is 0 Å². The van der Waals surface area contributed by atoms with E-state index in [1.807, 2.05) is 51.1 Å². The predicted molar refractivity (Wildman–Crippen MR) is 75.0 cm³/mol. The first-order valence-electron chi connectivity index (χ1n) is 6.93. The molecule has 2 bridgehead atoms.